The molecule has 2 aromatic rings. The number of hydrogen-bond acceptors (Lipinski definition) is 1. The number of aliphatic hydroxyl groups is 1. The topological polar surface area (TPSA) is 20.2 Å². The van der Waals surface area contributed by atoms with Crippen LogP contribution in [0.3, 0.4) is 0 Å². The zero-order valence-electron chi connectivity index (χ0n) is 9.75. The predicted octanol–water partition coefficient (Wildman–Crippen LogP) is 4.24. The summed E-state index contributed by atoms with van der Waals surface area (Å²) in [6, 6.07) is 10.5. The molecule has 0 aromatic heterocycles. The molecule has 1 N–H and O–H groups in total. The molecular weight excluding hydrogens is 196 g/mol. The van der Waals surface area contributed by atoms with Crippen LogP contribution in [0.4, 0.5) is 0 Å². The van der Waals surface area contributed by atoms with E-state index in [-0.39, 0.29) is 5.76 Å². The molecule has 1 heteroatoms. The Labute approximate surface area is 96.0 Å². The van der Waals surface area contributed by atoms with E-state index in [1.807, 2.05) is 13.0 Å². The second-order valence-electron chi connectivity index (χ2n) is 4.11. The summed E-state index contributed by atoms with van der Waals surface area (Å²) in [6.45, 7) is 7.76. The van der Waals surface area contributed by atoms with E-state index in [1.165, 1.54) is 5.56 Å². The lowest BCUT2D eigenvalue weighted by Gasteiger charge is -2.10. The van der Waals surface area contributed by atoms with Crippen molar-refractivity contribution in [3.05, 3.63) is 53.6 Å². The molecule has 0 radical (unpaired) electrons. The Morgan fingerprint density at radius 1 is 1.25 bits per heavy atom. The SMILES string of the molecule is C=C(O)c1c(C)ccc2cc(CC)ccc12. The first-order valence-electron chi connectivity index (χ1n) is 5.54. The summed E-state index contributed by atoms with van der Waals surface area (Å²) < 4.78 is 0. The second kappa shape index (κ2) is 4.01. The van der Waals surface area contributed by atoms with E-state index in [1.54, 1.807) is 0 Å². The third-order valence-electron chi connectivity index (χ3n) is 2.99. The van der Waals surface area contributed by atoms with Gasteiger partial charge in [0.05, 0.1) is 0 Å². The quantitative estimate of drug-likeness (QED) is 0.738. The Balaban J connectivity index is 2.79. The van der Waals surface area contributed by atoms with Crippen LogP contribution in [0.5, 0.6) is 0 Å². The molecule has 0 amide bonds. The first-order chi connectivity index (χ1) is 7.63. The van der Waals surface area contributed by atoms with Crippen molar-refractivity contribution < 1.29 is 5.11 Å². The van der Waals surface area contributed by atoms with Crippen LogP contribution >= 0.6 is 0 Å². The average molecular weight is 212 g/mol. The van der Waals surface area contributed by atoms with Gasteiger partial charge in [-0.3, -0.25) is 0 Å². The summed E-state index contributed by atoms with van der Waals surface area (Å²) in [5.74, 6) is 0.146. The normalized spacial score (nSPS) is 10.6. The minimum atomic E-state index is 0.146. The van der Waals surface area contributed by atoms with E-state index in [4.69, 9.17) is 0 Å². The molecule has 0 atom stereocenters. The van der Waals surface area contributed by atoms with E-state index in [0.717, 1.165) is 28.3 Å². The molecular formula is C15H16O. The van der Waals surface area contributed by atoms with Gasteiger partial charge in [0.25, 0.3) is 0 Å². The second-order valence-corrected chi connectivity index (χ2v) is 4.11. The standard InChI is InChI=1S/C15H16O/c1-4-12-6-8-14-13(9-12)7-5-10(2)15(14)11(3)16/h5-9,16H,3-4H2,1-2H3. The summed E-state index contributed by atoms with van der Waals surface area (Å²) in [7, 11) is 0. The molecule has 2 rings (SSSR count). The summed E-state index contributed by atoms with van der Waals surface area (Å²) in [5, 5.41) is 11.9. The Morgan fingerprint density at radius 2 is 2.00 bits per heavy atom. The van der Waals surface area contributed by atoms with Crippen LogP contribution < -0.4 is 0 Å². The number of hydrogen-bond donors (Lipinski definition) is 1. The van der Waals surface area contributed by atoms with E-state index in [2.05, 4.69) is 37.8 Å². The summed E-state index contributed by atoms with van der Waals surface area (Å²) in [6.07, 6.45) is 1.03. The highest BCUT2D eigenvalue weighted by Gasteiger charge is 2.07. The van der Waals surface area contributed by atoms with Gasteiger partial charge in [-0.15, -0.1) is 0 Å². The van der Waals surface area contributed by atoms with E-state index in [0.29, 0.717) is 0 Å². The number of benzene rings is 2. The van der Waals surface area contributed by atoms with E-state index < -0.39 is 0 Å². The minimum Gasteiger partial charge on any atom is -0.508 e. The van der Waals surface area contributed by atoms with Gasteiger partial charge in [-0.1, -0.05) is 43.8 Å². The van der Waals surface area contributed by atoms with Crippen molar-refractivity contribution in [3.63, 3.8) is 0 Å². The Hall–Kier alpha value is -1.76. The Bertz CT molecular complexity index is 553. The number of fused-ring (bicyclic) bond motifs is 1. The van der Waals surface area contributed by atoms with Crippen LogP contribution in [0, 0.1) is 6.92 Å². The van der Waals surface area contributed by atoms with Crippen LogP contribution in [0.2, 0.25) is 0 Å². The summed E-state index contributed by atoms with van der Waals surface area (Å²) in [5.41, 5.74) is 3.23. The van der Waals surface area contributed by atoms with Gasteiger partial charge in [-0.2, -0.15) is 0 Å². The maximum absolute atomic E-state index is 9.63. The van der Waals surface area contributed by atoms with Gasteiger partial charge in [0.1, 0.15) is 5.76 Å². The van der Waals surface area contributed by atoms with Crippen LogP contribution in [-0.4, -0.2) is 5.11 Å². The van der Waals surface area contributed by atoms with Crippen molar-refractivity contribution >= 4 is 16.5 Å². The smallest absolute Gasteiger partial charge is 0.116 e. The van der Waals surface area contributed by atoms with Gasteiger partial charge in [0.2, 0.25) is 0 Å². The highest BCUT2D eigenvalue weighted by Crippen LogP contribution is 2.27. The molecule has 0 aliphatic heterocycles. The lowest BCUT2D eigenvalue weighted by Crippen LogP contribution is -1.90. The molecule has 1 nitrogen and oxygen atoms in total. The third kappa shape index (κ3) is 1.69. The molecule has 0 spiro atoms. The van der Waals surface area contributed by atoms with Crippen LogP contribution in [0.1, 0.15) is 23.6 Å². The number of aryl methyl sites for hydroxylation is 2. The maximum atomic E-state index is 9.63. The zero-order valence-corrected chi connectivity index (χ0v) is 9.75. The molecule has 0 saturated heterocycles. The van der Waals surface area contributed by atoms with Crippen molar-refractivity contribution in [1.29, 1.82) is 0 Å². The summed E-state index contributed by atoms with van der Waals surface area (Å²) >= 11 is 0. The molecule has 0 fully saturated rings. The maximum Gasteiger partial charge on any atom is 0.116 e. The van der Waals surface area contributed by atoms with E-state index in [9.17, 15) is 5.11 Å². The summed E-state index contributed by atoms with van der Waals surface area (Å²) in [4.78, 5) is 0. The predicted molar refractivity (Wildman–Crippen MR) is 69.7 cm³/mol. The highest BCUT2D eigenvalue weighted by atomic mass is 16.3. The molecule has 0 aliphatic carbocycles. The van der Waals surface area contributed by atoms with Crippen LogP contribution in [-0.2, 0) is 6.42 Å². The van der Waals surface area contributed by atoms with Crippen LogP contribution in [0.25, 0.3) is 16.5 Å². The molecule has 82 valence electrons. The fourth-order valence-electron chi connectivity index (χ4n) is 2.09. The fourth-order valence-corrected chi connectivity index (χ4v) is 2.09. The van der Waals surface area contributed by atoms with E-state index >= 15 is 0 Å². The molecule has 2 aromatic carbocycles. The molecule has 0 heterocycles. The van der Waals surface area contributed by atoms with Gasteiger partial charge in [0.15, 0.2) is 0 Å². The van der Waals surface area contributed by atoms with Crippen molar-refractivity contribution in [2.24, 2.45) is 0 Å². The van der Waals surface area contributed by atoms with Crippen molar-refractivity contribution in [3.8, 4) is 0 Å². The first kappa shape index (κ1) is 10.7. The van der Waals surface area contributed by atoms with Gasteiger partial charge < -0.3 is 5.11 Å². The van der Waals surface area contributed by atoms with Gasteiger partial charge in [-0.05, 0) is 35.2 Å². The van der Waals surface area contributed by atoms with Crippen molar-refractivity contribution in [2.45, 2.75) is 20.3 Å². The number of rotatable bonds is 2. The lowest BCUT2D eigenvalue weighted by atomic mass is 9.97. The molecule has 0 unspecified atom stereocenters. The Morgan fingerprint density at radius 3 is 2.62 bits per heavy atom. The fraction of sp³-hybridized carbons (Fsp3) is 0.200. The molecule has 0 saturated carbocycles. The molecule has 0 bridgehead atoms. The number of aliphatic hydroxyl groups excluding tert-OH is 1. The Kier molecular flexibility index (Phi) is 2.69. The average Bonchev–Trinajstić information content (AvgIpc) is 2.27. The minimum absolute atomic E-state index is 0.146. The zero-order chi connectivity index (χ0) is 11.7. The monoisotopic (exact) mass is 212 g/mol. The van der Waals surface area contributed by atoms with Gasteiger partial charge in [-0.25, -0.2) is 0 Å². The largest absolute Gasteiger partial charge is 0.508 e. The van der Waals surface area contributed by atoms with Gasteiger partial charge in [0, 0.05) is 5.56 Å². The highest BCUT2D eigenvalue weighted by molar-refractivity contribution is 5.93. The molecule has 0 aliphatic rings. The lowest BCUT2D eigenvalue weighted by molar-refractivity contribution is 0.514. The van der Waals surface area contributed by atoms with Crippen LogP contribution in [0.15, 0.2) is 36.9 Å². The van der Waals surface area contributed by atoms with Crippen molar-refractivity contribution in [1.82, 2.24) is 0 Å². The third-order valence-corrected chi connectivity index (χ3v) is 2.99. The molecule has 16 heavy (non-hydrogen) atoms. The van der Waals surface area contributed by atoms with Gasteiger partial charge >= 0.3 is 0 Å². The van der Waals surface area contributed by atoms with Crippen molar-refractivity contribution in [2.75, 3.05) is 0 Å². The first-order valence-corrected chi connectivity index (χ1v) is 5.54.